The maximum absolute atomic E-state index is 12.2. The Morgan fingerprint density at radius 3 is 2.75 bits per heavy atom. The van der Waals surface area contributed by atoms with Crippen LogP contribution in [0.1, 0.15) is 24.8 Å². The third kappa shape index (κ3) is 4.83. The summed E-state index contributed by atoms with van der Waals surface area (Å²) in [7, 11) is 1.60. The number of pyridine rings is 1. The van der Waals surface area contributed by atoms with Crippen LogP contribution < -0.4 is 10.2 Å². The van der Waals surface area contributed by atoms with Gasteiger partial charge in [-0.3, -0.25) is 0 Å². The molecule has 0 radical (unpaired) electrons. The van der Waals surface area contributed by atoms with Crippen LogP contribution in [0.5, 0.6) is 0 Å². The molecule has 7 heteroatoms. The lowest BCUT2D eigenvalue weighted by Crippen LogP contribution is -2.25. The normalized spacial score (nSPS) is 15.4. The van der Waals surface area contributed by atoms with Crippen LogP contribution >= 0.6 is 11.6 Å². The van der Waals surface area contributed by atoms with E-state index in [9.17, 15) is 13.2 Å². The molecule has 1 aliphatic carbocycles. The fourth-order valence-corrected chi connectivity index (χ4v) is 1.93. The highest BCUT2D eigenvalue weighted by Gasteiger charge is 2.27. The summed E-state index contributed by atoms with van der Waals surface area (Å²) in [6.45, 7) is 0.500. The quantitative estimate of drug-likeness (QED) is 0.873. The van der Waals surface area contributed by atoms with E-state index < -0.39 is 12.6 Å². The Bertz CT molecular complexity index is 461. The molecular weight excluding hydrogens is 291 g/mol. The zero-order valence-corrected chi connectivity index (χ0v) is 11.9. The molecule has 0 spiro atoms. The van der Waals surface area contributed by atoms with Crippen LogP contribution in [0, 0.1) is 0 Å². The summed E-state index contributed by atoms with van der Waals surface area (Å²) in [6.07, 6.45) is -1.19. The van der Waals surface area contributed by atoms with Gasteiger partial charge in [-0.05, 0) is 24.5 Å². The zero-order valence-electron chi connectivity index (χ0n) is 11.2. The fourth-order valence-electron chi connectivity index (χ4n) is 1.76. The van der Waals surface area contributed by atoms with Crippen molar-refractivity contribution in [2.24, 2.45) is 0 Å². The second kappa shape index (κ2) is 6.18. The minimum Gasteiger partial charge on any atom is -0.359 e. The van der Waals surface area contributed by atoms with Gasteiger partial charge in [0.25, 0.3) is 0 Å². The topological polar surface area (TPSA) is 28.2 Å². The molecule has 0 saturated heterocycles. The zero-order chi connectivity index (χ0) is 14.8. The van der Waals surface area contributed by atoms with E-state index in [1.54, 1.807) is 13.1 Å². The van der Waals surface area contributed by atoms with Gasteiger partial charge < -0.3 is 10.2 Å². The molecule has 0 aromatic carbocycles. The van der Waals surface area contributed by atoms with Crippen LogP contribution in [0.3, 0.4) is 0 Å². The fraction of sp³-hybridized carbons (Fsp3) is 0.615. The predicted octanol–water partition coefficient (Wildman–Crippen LogP) is 3.38. The Hall–Kier alpha value is -1.01. The van der Waals surface area contributed by atoms with Crippen LogP contribution in [-0.4, -0.2) is 30.8 Å². The number of rotatable bonds is 6. The summed E-state index contributed by atoms with van der Waals surface area (Å²) in [5.74, 6) is 0.506. The van der Waals surface area contributed by atoms with Gasteiger partial charge in [-0.2, -0.15) is 13.2 Å². The van der Waals surface area contributed by atoms with Crippen molar-refractivity contribution in [3.63, 3.8) is 0 Å². The van der Waals surface area contributed by atoms with Crippen LogP contribution in [0.15, 0.2) is 12.3 Å². The Labute approximate surface area is 121 Å². The average Bonchev–Trinajstić information content (AvgIpc) is 3.18. The van der Waals surface area contributed by atoms with Crippen LogP contribution in [0.25, 0.3) is 0 Å². The Balaban J connectivity index is 1.97. The second-order valence-electron chi connectivity index (χ2n) is 5.08. The first-order valence-corrected chi connectivity index (χ1v) is 6.88. The van der Waals surface area contributed by atoms with Gasteiger partial charge in [0, 0.05) is 32.4 Å². The van der Waals surface area contributed by atoms with Gasteiger partial charge in [-0.15, -0.1) is 0 Å². The SMILES string of the molecule is CN(CCC(F)(F)F)c1cc(CNC2CC2)c(Cl)cn1. The van der Waals surface area contributed by atoms with Crippen LogP contribution in [-0.2, 0) is 6.54 Å². The van der Waals surface area contributed by atoms with Crippen molar-refractivity contribution in [2.75, 3.05) is 18.5 Å². The van der Waals surface area contributed by atoms with E-state index >= 15 is 0 Å². The Morgan fingerprint density at radius 1 is 1.45 bits per heavy atom. The summed E-state index contributed by atoms with van der Waals surface area (Å²) in [5.41, 5.74) is 0.863. The maximum atomic E-state index is 12.2. The molecule has 1 heterocycles. The number of nitrogens with one attached hydrogen (secondary N) is 1. The molecule has 112 valence electrons. The molecular formula is C13H17ClF3N3. The van der Waals surface area contributed by atoms with E-state index in [-0.39, 0.29) is 6.54 Å². The van der Waals surface area contributed by atoms with Gasteiger partial charge in [-0.25, -0.2) is 4.98 Å². The van der Waals surface area contributed by atoms with Crippen molar-refractivity contribution in [3.05, 3.63) is 22.8 Å². The maximum Gasteiger partial charge on any atom is 0.390 e. The summed E-state index contributed by atoms with van der Waals surface area (Å²) in [5, 5.41) is 3.86. The standard InChI is InChI=1S/C13H17ClF3N3/c1-20(5-4-13(15,16)17)12-6-9(11(14)8-19-12)7-18-10-2-3-10/h6,8,10,18H,2-5,7H2,1H3. The molecule has 1 N–H and O–H groups in total. The lowest BCUT2D eigenvalue weighted by atomic mass is 10.2. The lowest BCUT2D eigenvalue weighted by molar-refractivity contribution is -0.132. The van der Waals surface area contributed by atoms with Gasteiger partial charge in [0.1, 0.15) is 5.82 Å². The van der Waals surface area contributed by atoms with Crippen molar-refractivity contribution in [2.45, 2.75) is 38.0 Å². The summed E-state index contributed by atoms with van der Waals surface area (Å²) in [6, 6.07) is 2.29. The van der Waals surface area contributed by atoms with E-state index in [2.05, 4.69) is 10.3 Å². The van der Waals surface area contributed by atoms with Crippen molar-refractivity contribution in [1.82, 2.24) is 10.3 Å². The molecule has 20 heavy (non-hydrogen) atoms. The average molecular weight is 308 g/mol. The first-order chi connectivity index (χ1) is 9.35. The highest BCUT2D eigenvalue weighted by molar-refractivity contribution is 6.31. The Morgan fingerprint density at radius 2 is 2.15 bits per heavy atom. The number of nitrogens with zero attached hydrogens (tertiary/aromatic N) is 2. The number of anilines is 1. The molecule has 0 bridgehead atoms. The van der Waals surface area contributed by atoms with E-state index in [4.69, 9.17) is 11.6 Å². The minimum atomic E-state index is -4.16. The Kier molecular flexibility index (Phi) is 4.75. The number of aromatic nitrogens is 1. The summed E-state index contributed by atoms with van der Waals surface area (Å²) >= 11 is 6.05. The first-order valence-electron chi connectivity index (χ1n) is 6.51. The summed E-state index contributed by atoms with van der Waals surface area (Å²) in [4.78, 5) is 5.57. The third-order valence-electron chi connectivity index (χ3n) is 3.20. The molecule has 1 aliphatic rings. The van der Waals surface area contributed by atoms with E-state index in [0.717, 1.165) is 5.56 Å². The van der Waals surface area contributed by atoms with Gasteiger partial charge >= 0.3 is 6.18 Å². The van der Waals surface area contributed by atoms with Crippen molar-refractivity contribution in [3.8, 4) is 0 Å². The van der Waals surface area contributed by atoms with Gasteiger partial charge in [0.05, 0.1) is 11.4 Å². The van der Waals surface area contributed by atoms with Crippen LogP contribution in [0.2, 0.25) is 5.02 Å². The van der Waals surface area contributed by atoms with Gasteiger partial charge in [0.2, 0.25) is 0 Å². The highest BCUT2D eigenvalue weighted by atomic mass is 35.5. The summed E-state index contributed by atoms with van der Waals surface area (Å²) < 4.78 is 36.6. The molecule has 1 saturated carbocycles. The van der Waals surface area contributed by atoms with Crippen molar-refractivity contribution >= 4 is 17.4 Å². The largest absolute Gasteiger partial charge is 0.390 e. The van der Waals surface area contributed by atoms with Crippen LogP contribution in [0.4, 0.5) is 19.0 Å². The molecule has 1 aromatic heterocycles. The smallest absolute Gasteiger partial charge is 0.359 e. The number of halogens is 4. The molecule has 1 fully saturated rings. The van der Waals surface area contributed by atoms with E-state index in [1.165, 1.54) is 23.9 Å². The number of hydrogen-bond donors (Lipinski definition) is 1. The van der Waals surface area contributed by atoms with Crippen molar-refractivity contribution < 1.29 is 13.2 Å². The highest BCUT2D eigenvalue weighted by Crippen LogP contribution is 2.25. The molecule has 3 nitrogen and oxygen atoms in total. The van der Waals surface area contributed by atoms with E-state index in [0.29, 0.717) is 23.4 Å². The third-order valence-corrected chi connectivity index (χ3v) is 3.54. The molecule has 2 rings (SSSR count). The van der Waals surface area contributed by atoms with Crippen molar-refractivity contribution in [1.29, 1.82) is 0 Å². The first kappa shape index (κ1) is 15.4. The lowest BCUT2D eigenvalue weighted by Gasteiger charge is -2.20. The second-order valence-corrected chi connectivity index (χ2v) is 5.48. The molecule has 0 aliphatic heterocycles. The molecule has 1 aromatic rings. The molecule has 0 unspecified atom stereocenters. The molecule has 0 atom stereocenters. The monoisotopic (exact) mass is 307 g/mol. The minimum absolute atomic E-state index is 0.117. The van der Waals surface area contributed by atoms with Gasteiger partial charge in [0.15, 0.2) is 0 Å². The van der Waals surface area contributed by atoms with Gasteiger partial charge in [-0.1, -0.05) is 11.6 Å². The number of alkyl halides is 3. The predicted molar refractivity (Wildman–Crippen MR) is 73.1 cm³/mol. The molecule has 0 amide bonds. The van der Waals surface area contributed by atoms with E-state index in [1.807, 2.05) is 0 Å². The number of hydrogen-bond acceptors (Lipinski definition) is 3.